The van der Waals surface area contributed by atoms with Crippen LogP contribution in [0.25, 0.3) is 0 Å². The smallest absolute Gasteiger partial charge is 0.311 e. The molecule has 5 rings (SSSR count). The van der Waals surface area contributed by atoms with E-state index >= 15 is 0 Å². The number of ether oxygens (including phenoxy) is 1. The molecule has 4 heteroatoms. The van der Waals surface area contributed by atoms with Crippen molar-refractivity contribution in [1.29, 1.82) is 5.26 Å². The molecule has 0 heterocycles. The molecule has 5 aliphatic carbocycles. The van der Waals surface area contributed by atoms with Gasteiger partial charge in [-0.15, -0.1) is 11.6 Å². The fourth-order valence-corrected chi connectivity index (χ4v) is 8.66. The van der Waals surface area contributed by atoms with Gasteiger partial charge in [0.2, 0.25) is 0 Å². The van der Waals surface area contributed by atoms with E-state index in [0.29, 0.717) is 23.7 Å². The van der Waals surface area contributed by atoms with Crippen LogP contribution in [-0.4, -0.2) is 18.0 Å². The van der Waals surface area contributed by atoms with E-state index in [2.05, 4.69) is 39.8 Å². The van der Waals surface area contributed by atoms with Crippen molar-refractivity contribution in [2.24, 2.45) is 39.9 Å². The number of allylic oxidation sites excluding steroid dienone is 2. The molecule has 5 aliphatic rings. The Morgan fingerprint density at radius 1 is 1.29 bits per heavy atom. The number of carbonyl (C=O) groups is 1. The minimum absolute atomic E-state index is 0.0219. The largest absolute Gasteiger partial charge is 0.469 e. The molecule has 3 unspecified atom stereocenters. The molecule has 0 radical (unpaired) electrons. The van der Waals surface area contributed by atoms with Crippen LogP contribution in [0, 0.1) is 51.2 Å². The van der Waals surface area contributed by atoms with Crippen molar-refractivity contribution in [3.63, 3.8) is 0 Å². The van der Waals surface area contributed by atoms with Crippen molar-refractivity contribution in [3.05, 3.63) is 11.6 Å². The summed E-state index contributed by atoms with van der Waals surface area (Å²) in [6.45, 7) is 9.04. The SMILES string of the molecule is COC(=O)[C@]1(C)CCC[C@@]2(C)C1CC[C@]13C=C(C(C)C)[C@H](CC21)CC3(Cl)C#N. The maximum Gasteiger partial charge on any atom is 0.311 e. The molecule has 0 amide bonds. The van der Waals surface area contributed by atoms with Crippen molar-refractivity contribution in [1.82, 2.24) is 0 Å². The van der Waals surface area contributed by atoms with Gasteiger partial charge in [-0.2, -0.15) is 5.26 Å². The Kier molecular flexibility index (Phi) is 4.52. The molecule has 0 N–H and O–H groups in total. The summed E-state index contributed by atoms with van der Waals surface area (Å²) in [7, 11) is 1.52. The van der Waals surface area contributed by atoms with E-state index in [1.807, 2.05) is 0 Å². The molecule has 0 aromatic heterocycles. The van der Waals surface area contributed by atoms with Crippen molar-refractivity contribution in [3.8, 4) is 6.07 Å². The third kappa shape index (κ3) is 2.31. The first-order chi connectivity index (χ1) is 13.1. The van der Waals surface area contributed by atoms with Gasteiger partial charge < -0.3 is 4.74 Å². The number of hydrogen-bond acceptors (Lipinski definition) is 3. The minimum atomic E-state index is -0.813. The van der Waals surface area contributed by atoms with E-state index in [-0.39, 0.29) is 16.8 Å². The van der Waals surface area contributed by atoms with Crippen molar-refractivity contribution in [2.75, 3.05) is 7.11 Å². The maximum atomic E-state index is 12.8. The minimum Gasteiger partial charge on any atom is -0.469 e. The predicted octanol–water partition coefficient (Wildman–Crippen LogP) is 5.88. The van der Waals surface area contributed by atoms with Crippen LogP contribution in [0.4, 0.5) is 0 Å². The molecule has 154 valence electrons. The van der Waals surface area contributed by atoms with Crippen LogP contribution in [0.15, 0.2) is 11.6 Å². The number of nitriles is 1. The highest BCUT2D eigenvalue weighted by atomic mass is 35.5. The Bertz CT molecular complexity index is 769. The molecule has 28 heavy (non-hydrogen) atoms. The Morgan fingerprint density at radius 3 is 2.61 bits per heavy atom. The highest BCUT2D eigenvalue weighted by molar-refractivity contribution is 6.27. The number of halogens is 1. The summed E-state index contributed by atoms with van der Waals surface area (Å²) >= 11 is 7.15. The highest BCUT2D eigenvalue weighted by Crippen LogP contribution is 2.74. The second kappa shape index (κ2) is 6.24. The van der Waals surface area contributed by atoms with E-state index in [9.17, 15) is 10.1 Å². The third-order valence-electron chi connectivity index (χ3n) is 9.42. The van der Waals surface area contributed by atoms with Gasteiger partial charge in [0.05, 0.1) is 18.6 Å². The second-order valence-corrected chi connectivity index (χ2v) is 11.4. The summed E-state index contributed by atoms with van der Waals surface area (Å²) in [5.74, 6) is 1.50. The molecular formula is C24H34ClNO2. The molecular weight excluding hydrogens is 370 g/mol. The van der Waals surface area contributed by atoms with Crippen molar-refractivity contribution in [2.45, 2.75) is 77.5 Å². The Labute approximate surface area is 174 Å². The molecule has 3 fully saturated rings. The number of esters is 1. The van der Waals surface area contributed by atoms with Gasteiger partial charge in [0.1, 0.15) is 4.87 Å². The monoisotopic (exact) mass is 403 g/mol. The topological polar surface area (TPSA) is 50.1 Å². The first kappa shape index (κ1) is 20.3. The number of carbonyl (C=O) groups excluding carboxylic acids is 1. The lowest BCUT2D eigenvalue weighted by Gasteiger charge is -2.69. The molecule has 7 atom stereocenters. The number of fused-ring (bicyclic) bond motifs is 2. The zero-order valence-electron chi connectivity index (χ0n) is 18.0. The van der Waals surface area contributed by atoms with Crippen LogP contribution in [0.3, 0.4) is 0 Å². The molecule has 0 saturated heterocycles. The summed E-state index contributed by atoms with van der Waals surface area (Å²) in [5.41, 5.74) is 0.842. The van der Waals surface area contributed by atoms with Crippen molar-refractivity contribution >= 4 is 17.6 Å². The van der Waals surface area contributed by atoms with Crippen LogP contribution in [0.1, 0.15) is 72.6 Å². The predicted molar refractivity (Wildman–Crippen MR) is 111 cm³/mol. The summed E-state index contributed by atoms with van der Waals surface area (Å²) in [6.07, 6.45) is 9.25. The van der Waals surface area contributed by atoms with Gasteiger partial charge in [-0.25, -0.2) is 0 Å². The lowest BCUT2D eigenvalue weighted by atomic mass is 9.36. The molecule has 2 bridgehead atoms. The summed E-state index contributed by atoms with van der Waals surface area (Å²) in [4.78, 5) is 12.0. The molecule has 0 aromatic carbocycles. The maximum absolute atomic E-state index is 12.8. The van der Waals surface area contributed by atoms with Crippen LogP contribution in [0.2, 0.25) is 0 Å². The first-order valence-electron chi connectivity index (χ1n) is 11.0. The Morgan fingerprint density at radius 2 is 2.00 bits per heavy atom. The van der Waals surface area contributed by atoms with Crippen molar-refractivity contribution < 1.29 is 9.53 Å². The van der Waals surface area contributed by atoms with Crippen LogP contribution in [0.5, 0.6) is 0 Å². The molecule has 0 aliphatic heterocycles. The summed E-state index contributed by atoms with van der Waals surface area (Å²) in [6, 6.07) is 2.56. The fraction of sp³-hybridized carbons (Fsp3) is 0.833. The van der Waals surface area contributed by atoms with Gasteiger partial charge in [0.25, 0.3) is 0 Å². The van der Waals surface area contributed by atoms with E-state index in [1.54, 1.807) is 0 Å². The van der Waals surface area contributed by atoms with Crippen LogP contribution >= 0.6 is 11.6 Å². The molecule has 3 nitrogen and oxygen atoms in total. The van der Waals surface area contributed by atoms with Crippen LogP contribution < -0.4 is 0 Å². The average molecular weight is 404 g/mol. The van der Waals surface area contributed by atoms with E-state index in [0.717, 1.165) is 44.9 Å². The van der Waals surface area contributed by atoms with Gasteiger partial charge in [-0.05, 0) is 74.5 Å². The standard InChI is InChI=1S/C24H34ClNO2/c1-15(2)17-13-23-10-7-18-21(3,8-6-9-22(18,4)20(27)28-5)19(23)11-16(17)12-24(23,25)14-26/h13,15-16,18-19H,6-12H2,1-5H3/t16-,18?,19?,21+,22-,23+,24?/m1/s1. The summed E-state index contributed by atoms with van der Waals surface area (Å²) < 4.78 is 5.26. The normalized spacial score (nSPS) is 49.6. The van der Waals surface area contributed by atoms with E-state index in [4.69, 9.17) is 16.3 Å². The van der Waals surface area contributed by atoms with Gasteiger partial charge in [0.15, 0.2) is 0 Å². The van der Waals surface area contributed by atoms with Gasteiger partial charge >= 0.3 is 5.97 Å². The number of hydrogen-bond donors (Lipinski definition) is 0. The number of methoxy groups -OCH3 is 1. The quantitative estimate of drug-likeness (QED) is 0.329. The Hall–Kier alpha value is -1.01. The lowest BCUT2D eigenvalue weighted by Crippen LogP contribution is -2.66. The molecule has 1 spiro atoms. The number of nitrogens with zero attached hydrogens (tertiary/aromatic N) is 1. The molecule has 3 saturated carbocycles. The molecule has 0 aromatic rings. The number of rotatable bonds is 2. The van der Waals surface area contributed by atoms with Crippen LogP contribution in [-0.2, 0) is 9.53 Å². The first-order valence-corrected chi connectivity index (χ1v) is 11.4. The van der Waals surface area contributed by atoms with Gasteiger partial charge in [0, 0.05) is 5.41 Å². The lowest BCUT2D eigenvalue weighted by molar-refractivity contribution is -0.186. The zero-order chi connectivity index (χ0) is 20.5. The highest BCUT2D eigenvalue weighted by Gasteiger charge is 2.71. The van der Waals surface area contributed by atoms with E-state index < -0.39 is 10.3 Å². The number of alkyl halides is 1. The second-order valence-electron chi connectivity index (χ2n) is 10.8. The zero-order valence-corrected chi connectivity index (χ0v) is 18.7. The van der Waals surface area contributed by atoms with Gasteiger partial charge in [-0.1, -0.05) is 38.8 Å². The fourth-order valence-electron chi connectivity index (χ4n) is 8.20. The summed E-state index contributed by atoms with van der Waals surface area (Å²) in [5, 5.41) is 10.2. The van der Waals surface area contributed by atoms with Gasteiger partial charge in [-0.3, -0.25) is 4.79 Å². The van der Waals surface area contributed by atoms with E-state index in [1.165, 1.54) is 12.7 Å². The third-order valence-corrected chi connectivity index (χ3v) is 10.0. The Balaban J connectivity index is 1.84. The average Bonchev–Trinajstić information content (AvgIpc) is 2.66.